The van der Waals surface area contributed by atoms with Crippen LogP contribution in [-0.4, -0.2) is 19.2 Å². The Balaban J connectivity index is 2.19. The Morgan fingerprint density at radius 1 is 1.43 bits per heavy atom. The number of hydrogen-bond acceptors (Lipinski definition) is 5. The minimum Gasteiger partial charge on any atom is -0.461 e. The largest absolute Gasteiger partial charge is 0.461 e. The lowest BCUT2D eigenvalue weighted by Gasteiger charge is -2.05. The fourth-order valence-corrected chi connectivity index (χ4v) is 3.83. The molecule has 4 aromatic rings. The summed E-state index contributed by atoms with van der Waals surface area (Å²) in [6.45, 7) is 8.26. The first-order chi connectivity index (χ1) is 11.1. The summed E-state index contributed by atoms with van der Waals surface area (Å²) in [6.07, 6.45) is 3.27. The van der Waals surface area contributed by atoms with E-state index in [2.05, 4.69) is 16.7 Å². The molecule has 0 amide bonds. The first-order valence-corrected chi connectivity index (χ1v) is 7.97. The van der Waals surface area contributed by atoms with Crippen LogP contribution in [0.1, 0.15) is 10.4 Å². The van der Waals surface area contributed by atoms with Gasteiger partial charge >= 0.3 is 5.69 Å². The average Bonchev–Trinajstić information content (AvgIpc) is 3.23. The molecule has 4 heterocycles. The number of hydrogen-bond donors (Lipinski definition) is 0. The summed E-state index contributed by atoms with van der Waals surface area (Å²) >= 11 is 1.59. The Kier molecular flexibility index (Phi) is 2.99. The number of aryl methyl sites for hydroxylation is 2. The van der Waals surface area contributed by atoms with E-state index in [-0.39, 0.29) is 5.69 Å². The van der Waals surface area contributed by atoms with Crippen LogP contribution in [-0.2, 0) is 6.54 Å². The second-order valence-corrected chi connectivity index (χ2v) is 6.50. The van der Waals surface area contributed by atoms with Gasteiger partial charge in [0.05, 0.1) is 11.6 Å². The maximum absolute atomic E-state index is 12.8. The number of rotatable bonds is 3. The van der Waals surface area contributed by atoms with Crippen molar-refractivity contribution in [3.8, 4) is 11.6 Å². The minimum atomic E-state index is -0.223. The number of allylic oxidation sites excluding steroid dienone is 1. The van der Waals surface area contributed by atoms with Crippen molar-refractivity contribution < 1.29 is 4.42 Å². The Labute approximate surface area is 135 Å². The molecule has 0 bridgehead atoms. The highest BCUT2D eigenvalue weighted by Gasteiger charge is 2.20. The summed E-state index contributed by atoms with van der Waals surface area (Å²) < 4.78 is 8.38. The molecule has 0 aliphatic carbocycles. The van der Waals surface area contributed by atoms with Crippen molar-refractivity contribution >= 4 is 27.2 Å². The van der Waals surface area contributed by atoms with Crippen LogP contribution in [0, 0.1) is 13.8 Å². The number of fused-ring (bicyclic) bond motifs is 3. The molecule has 4 rings (SSSR count). The Hall–Kier alpha value is -2.67. The van der Waals surface area contributed by atoms with Gasteiger partial charge < -0.3 is 4.42 Å². The third-order valence-corrected chi connectivity index (χ3v) is 5.14. The molecule has 0 aromatic carbocycles. The smallest absolute Gasteiger partial charge is 0.352 e. The van der Waals surface area contributed by atoms with Gasteiger partial charge in [-0.1, -0.05) is 6.08 Å². The first-order valence-electron chi connectivity index (χ1n) is 7.16. The van der Waals surface area contributed by atoms with Gasteiger partial charge in [0, 0.05) is 11.4 Å². The summed E-state index contributed by atoms with van der Waals surface area (Å²) in [4.78, 5) is 19.4. The Morgan fingerprint density at radius 3 is 2.96 bits per heavy atom. The fourth-order valence-electron chi connectivity index (χ4n) is 2.67. The lowest BCUT2D eigenvalue weighted by molar-refractivity contribution is 0.576. The zero-order valence-electron chi connectivity index (χ0n) is 12.7. The van der Waals surface area contributed by atoms with Crippen molar-refractivity contribution in [3.05, 3.63) is 52.0 Å². The molecule has 0 aliphatic heterocycles. The van der Waals surface area contributed by atoms with Crippen molar-refractivity contribution in [2.45, 2.75) is 20.4 Å². The van der Waals surface area contributed by atoms with Gasteiger partial charge in [-0.3, -0.25) is 4.57 Å². The number of nitrogens with zero attached hydrogens (tertiary/aromatic N) is 4. The Bertz CT molecular complexity index is 1100. The second kappa shape index (κ2) is 4.92. The molecule has 0 saturated heterocycles. The first kappa shape index (κ1) is 14.0. The molecule has 0 unspecified atom stereocenters. The number of furan rings is 1. The molecule has 0 aliphatic rings. The second-order valence-electron chi connectivity index (χ2n) is 5.29. The third kappa shape index (κ3) is 1.90. The van der Waals surface area contributed by atoms with Crippen LogP contribution in [0.3, 0.4) is 0 Å². The maximum atomic E-state index is 12.8. The van der Waals surface area contributed by atoms with Crippen LogP contribution >= 0.6 is 11.3 Å². The third-order valence-electron chi connectivity index (χ3n) is 3.91. The predicted molar refractivity (Wildman–Crippen MR) is 90.0 cm³/mol. The van der Waals surface area contributed by atoms with E-state index in [0.29, 0.717) is 23.8 Å². The van der Waals surface area contributed by atoms with Crippen LogP contribution in [0.15, 0.2) is 40.3 Å². The van der Waals surface area contributed by atoms with Gasteiger partial charge in [-0.15, -0.1) is 23.0 Å². The quantitative estimate of drug-likeness (QED) is 0.542. The van der Waals surface area contributed by atoms with Gasteiger partial charge in [0.15, 0.2) is 11.4 Å². The topological polar surface area (TPSA) is 65.3 Å². The van der Waals surface area contributed by atoms with Gasteiger partial charge in [-0.25, -0.2) is 9.78 Å². The molecule has 0 atom stereocenters. The summed E-state index contributed by atoms with van der Waals surface area (Å²) in [6, 6.07) is 3.55. The summed E-state index contributed by atoms with van der Waals surface area (Å²) in [5, 5.41) is 5.30. The van der Waals surface area contributed by atoms with Gasteiger partial charge in [0.1, 0.15) is 4.83 Å². The molecular formula is C16H14N4O2S. The van der Waals surface area contributed by atoms with E-state index >= 15 is 0 Å². The van der Waals surface area contributed by atoms with Gasteiger partial charge in [-0.2, -0.15) is 4.52 Å². The molecular weight excluding hydrogens is 312 g/mol. The van der Waals surface area contributed by atoms with Crippen LogP contribution < -0.4 is 5.69 Å². The van der Waals surface area contributed by atoms with Crippen molar-refractivity contribution in [3.63, 3.8) is 0 Å². The molecule has 116 valence electrons. The molecule has 0 N–H and O–H groups in total. The van der Waals surface area contributed by atoms with Gasteiger partial charge in [0.2, 0.25) is 5.82 Å². The molecule has 0 spiro atoms. The highest BCUT2D eigenvalue weighted by atomic mass is 32.1. The molecule has 0 fully saturated rings. The van der Waals surface area contributed by atoms with Crippen molar-refractivity contribution in [1.82, 2.24) is 19.2 Å². The lowest BCUT2D eigenvalue weighted by Crippen LogP contribution is -2.27. The zero-order chi connectivity index (χ0) is 16.1. The van der Waals surface area contributed by atoms with Gasteiger partial charge in [0.25, 0.3) is 0 Å². The Morgan fingerprint density at radius 2 is 2.26 bits per heavy atom. The van der Waals surface area contributed by atoms with E-state index in [1.54, 1.807) is 40.4 Å². The van der Waals surface area contributed by atoms with E-state index in [1.165, 1.54) is 4.52 Å². The van der Waals surface area contributed by atoms with E-state index in [9.17, 15) is 4.79 Å². The van der Waals surface area contributed by atoms with E-state index in [0.717, 1.165) is 20.7 Å². The lowest BCUT2D eigenvalue weighted by atomic mass is 10.2. The van der Waals surface area contributed by atoms with Crippen LogP contribution in [0.2, 0.25) is 0 Å². The summed E-state index contributed by atoms with van der Waals surface area (Å²) in [5.74, 6) is 0.953. The van der Waals surface area contributed by atoms with Crippen molar-refractivity contribution in [2.75, 3.05) is 0 Å². The van der Waals surface area contributed by atoms with Crippen molar-refractivity contribution in [2.24, 2.45) is 0 Å². The fraction of sp³-hybridized carbons (Fsp3) is 0.188. The number of thiophene rings is 1. The van der Waals surface area contributed by atoms with Crippen molar-refractivity contribution in [1.29, 1.82) is 0 Å². The predicted octanol–water partition coefficient (Wildman–Crippen LogP) is 3.17. The normalized spacial score (nSPS) is 11.6. The van der Waals surface area contributed by atoms with Crippen LogP contribution in [0.5, 0.6) is 0 Å². The minimum absolute atomic E-state index is 0.223. The van der Waals surface area contributed by atoms with E-state index in [1.807, 2.05) is 13.8 Å². The highest BCUT2D eigenvalue weighted by Crippen LogP contribution is 2.32. The molecule has 7 heteroatoms. The number of aromatic nitrogens is 4. The summed E-state index contributed by atoms with van der Waals surface area (Å²) in [7, 11) is 0. The maximum Gasteiger partial charge on any atom is 0.352 e. The molecule has 6 nitrogen and oxygen atoms in total. The molecule has 0 saturated carbocycles. The van der Waals surface area contributed by atoms with Crippen LogP contribution in [0.4, 0.5) is 0 Å². The van der Waals surface area contributed by atoms with Gasteiger partial charge in [-0.05, 0) is 31.5 Å². The average molecular weight is 326 g/mol. The molecule has 4 aromatic heterocycles. The van der Waals surface area contributed by atoms with E-state index in [4.69, 9.17) is 4.42 Å². The van der Waals surface area contributed by atoms with E-state index < -0.39 is 0 Å². The SMILES string of the molecule is C=CCn1c(=O)n2nc(-c3ccco3)nc2c2c(C)c(C)sc21. The zero-order valence-corrected chi connectivity index (χ0v) is 13.6. The molecule has 0 radical (unpaired) electrons. The van der Waals surface area contributed by atoms with Crippen LogP contribution in [0.25, 0.3) is 27.4 Å². The highest BCUT2D eigenvalue weighted by molar-refractivity contribution is 7.19. The summed E-state index contributed by atoms with van der Waals surface area (Å²) in [5.41, 5.74) is 1.46. The molecule has 23 heavy (non-hydrogen) atoms. The standard InChI is InChI=1S/C16H14N4O2S/c1-4-7-19-15-12(9(2)10(3)23-15)14-17-13(11-6-5-8-22-11)18-20(14)16(19)21/h4-6,8H,1,7H2,2-3H3. The monoisotopic (exact) mass is 326 g/mol.